The lowest BCUT2D eigenvalue weighted by molar-refractivity contribution is -0.648. The van der Waals surface area contributed by atoms with Crippen LogP contribution in [0.2, 0.25) is 0 Å². The van der Waals surface area contributed by atoms with Gasteiger partial charge in [-0.15, -0.1) is 0 Å². The SMILES string of the molecule is C[n+]1c[nH]c(=O)c2ccccc21. The Hall–Kier alpha value is -1.64. The van der Waals surface area contributed by atoms with Crippen LogP contribution in [0.4, 0.5) is 0 Å². The summed E-state index contributed by atoms with van der Waals surface area (Å²) in [6.07, 6.45) is 1.66. The van der Waals surface area contributed by atoms with Crippen LogP contribution >= 0.6 is 0 Å². The third-order valence-electron chi connectivity index (χ3n) is 1.92. The summed E-state index contributed by atoms with van der Waals surface area (Å²) in [6, 6.07) is 7.51. The summed E-state index contributed by atoms with van der Waals surface area (Å²) in [7, 11) is 1.90. The number of nitrogens with zero attached hydrogens (tertiary/aromatic N) is 1. The van der Waals surface area contributed by atoms with E-state index < -0.39 is 0 Å². The highest BCUT2D eigenvalue weighted by Gasteiger charge is 2.03. The molecule has 0 saturated carbocycles. The molecule has 60 valence electrons. The minimum Gasteiger partial charge on any atom is -0.241 e. The van der Waals surface area contributed by atoms with E-state index in [0.29, 0.717) is 0 Å². The second-order valence-corrected chi connectivity index (χ2v) is 2.73. The lowest BCUT2D eigenvalue weighted by Gasteiger charge is -1.94. The number of hydrogen-bond acceptors (Lipinski definition) is 1. The van der Waals surface area contributed by atoms with Gasteiger partial charge in [0.25, 0.3) is 0 Å². The van der Waals surface area contributed by atoms with Crippen LogP contribution in [0.15, 0.2) is 35.4 Å². The van der Waals surface area contributed by atoms with E-state index in [1.165, 1.54) is 0 Å². The number of rotatable bonds is 0. The minimum atomic E-state index is -0.0382. The first-order valence-corrected chi connectivity index (χ1v) is 3.75. The van der Waals surface area contributed by atoms with Crippen LogP contribution in [-0.4, -0.2) is 4.98 Å². The smallest absolute Gasteiger partial charge is 0.241 e. The van der Waals surface area contributed by atoms with Crippen LogP contribution in [0.25, 0.3) is 10.9 Å². The van der Waals surface area contributed by atoms with Gasteiger partial charge in [-0.3, -0.25) is 0 Å². The maximum Gasteiger partial charge on any atom is 0.342 e. The second-order valence-electron chi connectivity index (χ2n) is 2.73. The molecule has 1 heterocycles. The summed E-state index contributed by atoms with van der Waals surface area (Å²) in [5.74, 6) is 0. The number of aryl methyl sites for hydroxylation is 1. The maximum absolute atomic E-state index is 11.3. The standard InChI is InChI=1S/C9H8N2O/c1-11-6-10-9(12)7-4-2-3-5-8(7)11/h2-6H,1H3/p+1. The molecule has 0 unspecified atom stereocenters. The first-order chi connectivity index (χ1) is 5.79. The topological polar surface area (TPSA) is 36.7 Å². The predicted molar refractivity (Wildman–Crippen MR) is 45.7 cm³/mol. The third-order valence-corrected chi connectivity index (χ3v) is 1.92. The van der Waals surface area contributed by atoms with Gasteiger partial charge in [-0.2, -0.15) is 0 Å². The summed E-state index contributed by atoms with van der Waals surface area (Å²) >= 11 is 0. The molecule has 0 fully saturated rings. The zero-order chi connectivity index (χ0) is 8.55. The van der Waals surface area contributed by atoms with Crippen molar-refractivity contribution in [1.29, 1.82) is 0 Å². The highest BCUT2D eigenvalue weighted by Crippen LogP contribution is 2.00. The van der Waals surface area contributed by atoms with Gasteiger partial charge in [0.1, 0.15) is 10.9 Å². The van der Waals surface area contributed by atoms with Gasteiger partial charge in [-0.25, -0.2) is 14.3 Å². The fourth-order valence-corrected chi connectivity index (χ4v) is 1.28. The van der Waals surface area contributed by atoms with Crippen molar-refractivity contribution in [3.05, 3.63) is 40.9 Å². The Bertz CT molecular complexity index is 473. The van der Waals surface area contributed by atoms with Gasteiger partial charge >= 0.3 is 5.56 Å². The largest absolute Gasteiger partial charge is 0.342 e. The molecule has 0 spiro atoms. The van der Waals surface area contributed by atoms with Crippen molar-refractivity contribution in [1.82, 2.24) is 4.98 Å². The van der Waals surface area contributed by atoms with Crippen LogP contribution in [0.1, 0.15) is 0 Å². The van der Waals surface area contributed by atoms with Crippen molar-refractivity contribution in [2.45, 2.75) is 0 Å². The molecule has 12 heavy (non-hydrogen) atoms. The van der Waals surface area contributed by atoms with Crippen molar-refractivity contribution >= 4 is 10.9 Å². The van der Waals surface area contributed by atoms with E-state index >= 15 is 0 Å². The normalized spacial score (nSPS) is 10.4. The van der Waals surface area contributed by atoms with Crippen LogP contribution in [0.3, 0.4) is 0 Å². The molecule has 0 aliphatic carbocycles. The third kappa shape index (κ3) is 0.906. The molecule has 0 aliphatic rings. The van der Waals surface area contributed by atoms with Crippen LogP contribution in [0.5, 0.6) is 0 Å². The number of benzene rings is 1. The van der Waals surface area contributed by atoms with E-state index in [1.807, 2.05) is 35.9 Å². The molecule has 0 atom stereocenters. The molecule has 1 aromatic heterocycles. The Morgan fingerprint density at radius 1 is 1.33 bits per heavy atom. The van der Waals surface area contributed by atoms with E-state index in [1.54, 1.807) is 6.33 Å². The number of para-hydroxylation sites is 1. The molecular formula is C9H9N2O+. The Morgan fingerprint density at radius 3 is 2.83 bits per heavy atom. The van der Waals surface area contributed by atoms with Crippen LogP contribution < -0.4 is 10.1 Å². The highest BCUT2D eigenvalue weighted by atomic mass is 16.1. The zero-order valence-corrected chi connectivity index (χ0v) is 6.74. The molecule has 3 nitrogen and oxygen atoms in total. The van der Waals surface area contributed by atoms with Crippen molar-refractivity contribution in [3.8, 4) is 0 Å². The first kappa shape index (κ1) is 7.03. The molecule has 1 aromatic carbocycles. The number of aromatic amines is 1. The Morgan fingerprint density at radius 2 is 2.08 bits per heavy atom. The Labute approximate surface area is 69.3 Å². The van der Waals surface area contributed by atoms with Gasteiger partial charge in [0.05, 0.1) is 7.05 Å². The van der Waals surface area contributed by atoms with Crippen molar-refractivity contribution in [2.24, 2.45) is 7.05 Å². The summed E-state index contributed by atoms with van der Waals surface area (Å²) < 4.78 is 1.89. The summed E-state index contributed by atoms with van der Waals surface area (Å²) in [6.45, 7) is 0. The highest BCUT2D eigenvalue weighted by molar-refractivity contribution is 5.73. The fraction of sp³-hybridized carbons (Fsp3) is 0.111. The molecule has 2 rings (SSSR count). The van der Waals surface area contributed by atoms with Gasteiger partial charge in [-0.05, 0) is 12.1 Å². The molecule has 0 saturated heterocycles. The van der Waals surface area contributed by atoms with Gasteiger partial charge < -0.3 is 0 Å². The van der Waals surface area contributed by atoms with Crippen molar-refractivity contribution in [3.63, 3.8) is 0 Å². The lowest BCUT2D eigenvalue weighted by Crippen LogP contribution is -2.32. The van der Waals surface area contributed by atoms with E-state index in [0.717, 1.165) is 10.9 Å². The van der Waals surface area contributed by atoms with Crippen LogP contribution in [-0.2, 0) is 7.05 Å². The van der Waals surface area contributed by atoms with Gasteiger partial charge in [0.2, 0.25) is 6.33 Å². The summed E-state index contributed by atoms with van der Waals surface area (Å²) in [4.78, 5) is 13.9. The molecule has 0 amide bonds. The molecule has 3 heteroatoms. The maximum atomic E-state index is 11.3. The summed E-state index contributed by atoms with van der Waals surface area (Å²) in [5, 5.41) is 0.725. The molecule has 1 N–H and O–H groups in total. The van der Waals surface area contributed by atoms with Gasteiger partial charge in [-0.1, -0.05) is 12.1 Å². The summed E-state index contributed by atoms with van der Waals surface area (Å²) in [5.41, 5.74) is 0.907. The molecule has 0 bridgehead atoms. The zero-order valence-electron chi connectivity index (χ0n) is 6.74. The van der Waals surface area contributed by atoms with E-state index in [9.17, 15) is 4.79 Å². The van der Waals surface area contributed by atoms with E-state index in [2.05, 4.69) is 4.98 Å². The average molecular weight is 161 g/mol. The second kappa shape index (κ2) is 2.44. The number of nitrogens with one attached hydrogen (secondary N) is 1. The molecule has 2 aromatic rings. The van der Waals surface area contributed by atoms with Crippen LogP contribution in [0, 0.1) is 0 Å². The number of H-pyrrole nitrogens is 1. The Kier molecular flexibility index (Phi) is 1.43. The lowest BCUT2D eigenvalue weighted by atomic mass is 10.2. The molecule has 0 aliphatic heterocycles. The first-order valence-electron chi connectivity index (χ1n) is 3.75. The molecule has 0 radical (unpaired) electrons. The Balaban J connectivity index is 3.05. The van der Waals surface area contributed by atoms with E-state index in [4.69, 9.17) is 0 Å². The van der Waals surface area contributed by atoms with E-state index in [-0.39, 0.29) is 5.56 Å². The average Bonchev–Trinajstić information content (AvgIpc) is 2.12. The van der Waals surface area contributed by atoms with Gasteiger partial charge in [0.15, 0.2) is 0 Å². The fourth-order valence-electron chi connectivity index (χ4n) is 1.28. The minimum absolute atomic E-state index is 0.0382. The number of aromatic nitrogens is 2. The van der Waals surface area contributed by atoms with Gasteiger partial charge in [0, 0.05) is 0 Å². The number of hydrogen-bond donors (Lipinski definition) is 1. The monoisotopic (exact) mass is 161 g/mol. The predicted octanol–water partition coefficient (Wildman–Crippen LogP) is 0.353. The van der Waals surface area contributed by atoms with Crippen molar-refractivity contribution < 1.29 is 4.57 Å². The molecular weight excluding hydrogens is 152 g/mol. The van der Waals surface area contributed by atoms with Crippen molar-refractivity contribution in [2.75, 3.05) is 0 Å². The number of fused-ring (bicyclic) bond motifs is 1. The quantitative estimate of drug-likeness (QED) is 0.556.